The molecule has 0 spiro atoms. The molecular weight excluding hydrogens is 276 g/mol. The van der Waals surface area contributed by atoms with Crippen molar-refractivity contribution >= 4 is 29.5 Å². The summed E-state index contributed by atoms with van der Waals surface area (Å²) in [4.78, 5) is 33.8. The highest BCUT2D eigenvalue weighted by Gasteiger charge is 2.26. The van der Waals surface area contributed by atoms with Crippen molar-refractivity contribution in [2.75, 3.05) is 12.8 Å². The summed E-state index contributed by atoms with van der Waals surface area (Å²) in [6, 6.07) is 0. The first-order valence-corrected chi connectivity index (χ1v) is 8.04. The highest BCUT2D eigenvalue weighted by atomic mass is 32.2. The lowest BCUT2D eigenvalue weighted by atomic mass is 9.81. The summed E-state index contributed by atoms with van der Waals surface area (Å²) in [5.74, 6) is 0.266. The normalized spacial score (nSPS) is 22.5. The summed E-state index contributed by atoms with van der Waals surface area (Å²) in [5.41, 5.74) is 0. The minimum atomic E-state index is -0.234. The largest absolute Gasteiger partial charge is 0.352 e. The average Bonchev–Trinajstić information content (AvgIpc) is 2.43. The zero-order valence-corrected chi connectivity index (χ0v) is 12.8. The maximum absolute atomic E-state index is 11.7. The van der Waals surface area contributed by atoms with E-state index in [1.807, 2.05) is 6.26 Å². The average molecular weight is 298 g/mol. The molecule has 1 aliphatic rings. The van der Waals surface area contributed by atoms with Crippen molar-refractivity contribution in [3.05, 3.63) is 12.2 Å². The van der Waals surface area contributed by atoms with Crippen molar-refractivity contribution < 1.29 is 14.4 Å². The summed E-state index contributed by atoms with van der Waals surface area (Å²) in [6.45, 7) is 2.02. The van der Waals surface area contributed by atoms with Gasteiger partial charge in [-0.15, -0.1) is 0 Å². The number of hydrogen-bond donors (Lipinski definition) is 2. The quantitative estimate of drug-likeness (QED) is 0.575. The predicted molar refractivity (Wildman–Crippen MR) is 79.9 cm³/mol. The molecule has 0 unspecified atom stereocenters. The Morgan fingerprint density at radius 2 is 1.80 bits per heavy atom. The Kier molecular flexibility index (Phi) is 7.36. The molecule has 0 saturated heterocycles. The van der Waals surface area contributed by atoms with Gasteiger partial charge in [0.25, 0.3) is 0 Å². The van der Waals surface area contributed by atoms with Crippen LogP contribution in [-0.2, 0) is 14.4 Å². The van der Waals surface area contributed by atoms with Crippen LogP contribution in [0.25, 0.3) is 0 Å². The molecule has 1 fully saturated rings. The Hall–Kier alpha value is -1.30. The molecule has 0 aromatic heterocycles. The molecule has 1 rings (SSSR count). The topological polar surface area (TPSA) is 75.3 Å². The van der Waals surface area contributed by atoms with E-state index in [-0.39, 0.29) is 23.5 Å². The van der Waals surface area contributed by atoms with E-state index in [2.05, 4.69) is 10.0 Å². The van der Waals surface area contributed by atoms with E-state index >= 15 is 0 Å². The summed E-state index contributed by atoms with van der Waals surface area (Å²) >= 11 is 1.33. The molecule has 5 nitrogen and oxygen atoms in total. The Balaban J connectivity index is 2.24. The molecule has 1 aliphatic carbocycles. The van der Waals surface area contributed by atoms with Gasteiger partial charge in [0.2, 0.25) is 11.8 Å². The molecule has 2 N–H and O–H groups in total. The van der Waals surface area contributed by atoms with Gasteiger partial charge in [-0.2, -0.15) is 0 Å². The third-order valence-electron chi connectivity index (χ3n) is 3.45. The number of rotatable bonds is 6. The zero-order chi connectivity index (χ0) is 15.0. The van der Waals surface area contributed by atoms with Crippen LogP contribution in [0.1, 0.15) is 32.6 Å². The van der Waals surface area contributed by atoms with Gasteiger partial charge in [0.05, 0.1) is 0 Å². The van der Waals surface area contributed by atoms with Crippen LogP contribution in [0.3, 0.4) is 0 Å². The van der Waals surface area contributed by atoms with Gasteiger partial charge in [0.15, 0.2) is 5.78 Å². The molecule has 1 saturated carbocycles. The molecule has 6 heteroatoms. The Labute approximate surface area is 124 Å². The molecular formula is C14H22N2O3S. The van der Waals surface area contributed by atoms with Crippen molar-refractivity contribution in [3.8, 4) is 0 Å². The van der Waals surface area contributed by atoms with Gasteiger partial charge in [0.1, 0.15) is 0 Å². The maximum atomic E-state index is 11.7. The number of nitrogens with one attached hydrogen (secondary N) is 2. The first-order chi connectivity index (χ1) is 9.52. The van der Waals surface area contributed by atoms with Crippen LogP contribution < -0.4 is 10.0 Å². The second kappa shape index (κ2) is 8.79. The van der Waals surface area contributed by atoms with Gasteiger partial charge < -0.3 is 10.0 Å². The molecule has 0 aromatic carbocycles. The SMILES string of the molecule is CSNC(=O)C1CCC(CNC(=O)/C=C\C(C)=O)CC1. The summed E-state index contributed by atoms with van der Waals surface area (Å²) in [6.07, 6.45) is 8.01. The third kappa shape index (κ3) is 6.23. The van der Waals surface area contributed by atoms with Crippen LogP contribution in [0, 0.1) is 11.8 Å². The first kappa shape index (κ1) is 16.8. The maximum Gasteiger partial charge on any atom is 0.244 e. The fourth-order valence-electron chi connectivity index (χ4n) is 2.31. The monoisotopic (exact) mass is 298 g/mol. The Bertz CT molecular complexity index is 388. The summed E-state index contributed by atoms with van der Waals surface area (Å²) in [7, 11) is 0. The van der Waals surface area contributed by atoms with Crippen molar-refractivity contribution in [1.82, 2.24) is 10.0 Å². The van der Waals surface area contributed by atoms with Crippen molar-refractivity contribution in [3.63, 3.8) is 0 Å². The van der Waals surface area contributed by atoms with Crippen LogP contribution in [0.2, 0.25) is 0 Å². The second-order valence-electron chi connectivity index (χ2n) is 5.08. The van der Waals surface area contributed by atoms with Gasteiger partial charge in [-0.3, -0.25) is 14.4 Å². The van der Waals surface area contributed by atoms with E-state index in [1.165, 1.54) is 31.0 Å². The van der Waals surface area contributed by atoms with E-state index in [0.717, 1.165) is 25.7 Å². The fourth-order valence-corrected chi connectivity index (χ4v) is 2.68. The Morgan fingerprint density at radius 1 is 1.15 bits per heavy atom. The third-order valence-corrected chi connectivity index (χ3v) is 3.86. The van der Waals surface area contributed by atoms with Crippen molar-refractivity contribution in [2.45, 2.75) is 32.6 Å². The molecule has 0 bridgehead atoms. The molecule has 0 aromatic rings. The zero-order valence-electron chi connectivity index (χ0n) is 12.0. The van der Waals surface area contributed by atoms with Gasteiger partial charge in [0, 0.05) is 24.8 Å². The number of amides is 2. The lowest BCUT2D eigenvalue weighted by Gasteiger charge is -2.27. The number of carbonyl (C=O) groups excluding carboxylic acids is 3. The molecule has 2 amide bonds. The molecule has 112 valence electrons. The molecule has 0 atom stereocenters. The van der Waals surface area contributed by atoms with Crippen LogP contribution in [-0.4, -0.2) is 30.4 Å². The number of carbonyl (C=O) groups is 3. The predicted octanol–water partition coefficient (Wildman–Crippen LogP) is 1.45. The molecule has 20 heavy (non-hydrogen) atoms. The summed E-state index contributed by atoms with van der Waals surface area (Å²) < 4.78 is 2.77. The van der Waals surface area contributed by atoms with Crippen LogP contribution in [0.5, 0.6) is 0 Å². The van der Waals surface area contributed by atoms with Crippen LogP contribution in [0.15, 0.2) is 12.2 Å². The van der Waals surface area contributed by atoms with E-state index in [0.29, 0.717) is 12.5 Å². The first-order valence-electron chi connectivity index (χ1n) is 6.82. The minimum absolute atomic E-state index is 0.104. The number of ketones is 1. The van der Waals surface area contributed by atoms with Gasteiger partial charge >= 0.3 is 0 Å². The molecule has 0 heterocycles. The second-order valence-corrected chi connectivity index (χ2v) is 5.69. The van der Waals surface area contributed by atoms with E-state index in [1.54, 1.807) is 0 Å². The van der Waals surface area contributed by atoms with Crippen molar-refractivity contribution in [1.29, 1.82) is 0 Å². The number of allylic oxidation sites excluding steroid dienone is 1. The smallest absolute Gasteiger partial charge is 0.244 e. The van der Waals surface area contributed by atoms with E-state index in [9.17, 15) is 14.4 Å². The minimum Gasteiger partial charge on any atom is -0.352 e. The lowest BCUT2D eigenvalue weighted by Crippen LogP contribution is -2.33. The van der Waals surface area contributed by atoms with Gasteiger partial charge in [-0.1, -0.05) is 11.9 Å². The van der Waals surface area contributed by atoms with Crippen molar-refractivity contribution in [2.24, 2.45) is 11.8 Å². The van der Waals surface area contributed by atoms with Crippen LogP contribution in [0.4, 0.5) is 0 Å². The highest BCUT2D eigenvalue weighted by Crippen LogP contribution is 2.28. The van der Waals surface area contributed by atoms with Gasteiger partial charge in [-0.25, -0.2) is 0 Å². The fraction of sp³-hybridized carbons (Fsp3) is 0.643. The number of hydrogen-bond acceptors (Lipinski definition) is 4. The van der Waals surface area contributed by atoms with E-state index in [4.69, 9.17) is 0 Å². The molecule has 0 aliphatic heterocycles. The lowest BCUT2D eigenvalue weighted by molar-refractivity contribution is -0.124. The summed E-state index contributed by atoms with van der Waals surface area (Å²) in [5, 5.41) is 2.79. The molecule has 0 radical (unpaired) electrons. The van der Waals surface area contributed by atoms with E-state index < -0.39 is 0 Å². The Morgan fingerprint density at radius 3 is 2.35 bits per heavy atom. The standard InChI is InChI=1S/C14H22N2O3S/c1-10(17)3-8-13(18)15-9-11-4-6-12(7-5-11)14(19)16-20-2/h3,8,11-12H,4-7,9H2,1-2H3,(H,15,18)(H,16,19)/b8-3-. The van der Waals surface area contributed by atoms with Crippen LogP contribution >= 0.6 is 11.9 Å². The van der Waals surface area contributed by atoms with Gasteiger partial charge in [-0.05, 0) is 44.6 Å². The highest BCUT2D eigenvalue weighted by molar-refractivity contribution is 7.97.